The smallest absolute Gasteiger partial charge is 0.206 e. The quantitative estimate of drug-likeness (QED) is 0.497. The highest BCUT2D eigenvalue weighted by atomic mass is 19.1. The molecule has 0 aromatic heterocycles. The van der Waals surface area contributed by atoms with Crippen molar-refractivity contribution < 1.29 is 28.8 Å². The number of halogens is 1. The highest BCUT2D eigenvalue weighted by Crippen LogP contribution is 2.26. The number of hydrogen-bond acceptors (Lipinski definition) is 5. The maximum atomic E-state index is 14.2. The van der Waals surface area contributed by atoms with Crippen LogP contribution in [0, 0.1) is 5.82 Å². The van der Waals surface area contributed by atoms with E-state index < -0.39 is 23.8 Å². The summed E-state index contributed by atoms with van der Waals surface area (Å²) in [5.74, 6) is -1.57. The molecular formula is C24H25FO5. The normalized spacial score (nSPS) is 13.0. The van der Waals surface area contributed by atoms with Crippen molar-refractivity contribution in [2.24, 2.45) is 0 Å². The summed E-state index contributed by atoms with van der Waals surface area (Å²) in [6.45, 7) is 0.644. The Hall–Kier alpha value is -2.93. The third-order valence-electron chi connectivity index (χ3n) is 4.44. The summed E-state index contributed by atoms with van der Waals surface area (Å²) < 4.78 is 31.1. The molecule has 0 aliphatic carbocycles. The summed E-state index contributed by atoms with van der Waals surface area (Å²) in [4.78, 5) is 0. The van der Waals surface area contributed by atoms with Gasteiger partial charge in [0.15, 0.2) is 17.6 Å². The van der Waals surface area contributed by atoms with Gasteiger partial charge in [-0.3, -0.25) is 0 Å². The van der Waals surface area contributed by atoms with Gasteiger partial charge in [-0.25, -0.2) is 0 Å². The van der Waals surface area contributed by atoms with Crippen LogP contribution in [0.2, 0.25) is 0 Å². The molecule has 158 valence electrons. The molecule has 0 aliphatic heterocycles. The molecule has 3 aromatic carbocycles. The fraction of sp³-hybridized carbons (Fsp3) is 0.250. The van der Waals surface area contributed by atoms with E-state index in [2.05, 4.69) is 0 Å². The zero-order valence-electron chi connectivity index (χ0n) is 16.5. The zero-order chi connectivity index (χ0) is 21.2. The first-order chi connectivity index (χ1) is 14.6. The maximum Gasteiger partial charge on any atom is 0.206 e. The van der Waals surface area contributed by atoms with E-state index in [9.17, 15) is 14.6 Å². The number of aliphatic hydroxyl groups excluding tert-OH is 1. The van der Waals surface area contributed by atoms with Crippen molar-refractivity contribution in [3.05, 3.63) is 95.8 Å². The van der Waals surface area contributed by atoms with Crippen molar-refractivity contribution in [2.45, 2.75) is 25.4 Å². The van der Waals surface area contributed by atoms with Gasteiger partial charge >= 0.3 is 0 Å². The highest BCUT2D eigenvalue weighted by molar-refractivity contribution is 5.34. The first-order valence-corrected chi connectivity index (χ1v) is 9.69. The Bertz CT molecular complexity index is 889. The molecule has 0 spiro atoms. The van der Waals surface area contributed by atoms with Crippen molar-refractivity contribution >= 4 is 0 Å². The molecular weight excluding hydrogens is 387 g/mol. The van der Waals surface area contributed by atoms with Gasteiger partial charge in [0.2, 0.25) is 5.82 Å². The van der Waals surface area contributed by atoms with Gasteiger partial charge in [-0.1, -0.05) is 66.7 Å². The number of benzene rings is 3. The van der Waals surface area contributed by atoms with E-state index in [1.807, 2.05) is 60.7 Å². The summed E-state index contributed by atoms with van der Waals surface area (Å²) in [6, 6.07) is 23.2. The average molecular weight is 412 g/mol. The van der Waals surface area contributed by atoms with Crippen LogP contribution in [0.4, 0.5) is 4.39 Å². The van der Waals surface area contributed by atoms with Crippen LogP contribution in [0.25, 0.3) is 0 Å². The fourth-order valence-corrected chi connectivity index (χ4v) is 2.82. The second-order valence-corrected chi connectivity index (χ2v) is 6.81. The Balaban J connectivity index is 1.60. The predicted octanol–water partition coefficient (Wildman–Crippen LogP) is 4.07. The Kier molecular flexibility index (Phi) is 8.20. The van der Waals surface area contributed by atoms with Gasteiger partial charge in [-0.05, 0) is 23.3 Å². The number of rotatable bonds is 11. The van der Waals surface area contributed by atoms with Crippen LogP contribution in [0.1, 0.15) is 11.1 Å². The third-order valence-corrected chi connectivity index (χ3v) is 4.44. The summed E-state index contributed by atoms with van der Waals surface area (Å²) in [7, 11) is 0. The van der Waals surface area contributed by atoms with E-state index in [0.717, 1.165) is 11.1 Å². The predicted molar refractivity (Wildman–Crippen MR) is 111 cm³/mol. The molecule has 3 aromatic rings. The van der Waals surface area contributed by atoms with Gasteiger partial charge in [-0.2, -0.15) is 4.39 Å². The van der Waals surface area contributed by atoms with Crippen LogP contribution in [0.15, 0.2) is 78.9 Å². The van der Waals surface area contributed by atoms with E-state index in [-0.39, 0.29) is 19.0 Å². The number of phenols is 1. The van der Waals surface area contributed by atoms with Crippen molar-refractivity contribution in [1.29, 1.82) is 0 Å². The van der Waals surface area contributed by atoms with Crippen molar-refractivity contribution in [1.82, 2.24) is 0 Å². The molecule has 6 heteroatoms. The molecule has 0 saturated heterocycles. The Morgan fingerprint density at radius 1 is 0.733 bits per heavy atom. The molecule has 0 bridgehead atoms. The molecule has 0 radical (unpaired) electrons. The summed E-state index contributed by atoms with van der Waals surface area (Å²) in [5.41, 5.74) is 1.94. The van der Waals surface area contributed by atoms with Crippen molar-refractivity contribution in [2.75, 3.05) is 13.2 Å². The second kappa shape index (κ2) is 11.3. The topological polar surface area (TPSA) is 68.2 Å². The minimum Gasteiger partial charge on any atom is -0.505 e. The molecule has 0 saturated carbocycles. The number of ether oxygens (including phenoxy) is 3. The van der Waals surface area contributed by atoms with E-state index in [1.54, 1.807) is 0 Å². The standard InChI is InChI=1S/C24H25FO5/c25-24-20(26)12-7-13-22(24)30-23(17-29-15-19-10-5-2-6-11-19)21(27)16-28-14-18-8-3-1-4-9-18/h1-13,21,23,26-27H,14-17H2. The van der Waals surface area contributed by atoms with Gasteiger partial charge in [0.25, 0.3) is 0 Å². The van der Waals surface area contributed by atoms with Crippen LogP contribution in [-0.4, -0.2) is 35.6 Å². The Morgan fingerprint density at radius 2 is 1.30 bits per heavy atom. The molecule has 2 atom stereocenters. The van der Waals surface area contributed by atoms with E-state index in [1.165, 1.54) is 18.2 Å². The molecule has 5 nitrogen and oxygen atoms in total. The van der Waals surface area contributed by atoms with E-state index >= 15 is 0 Å². The molecule has 0 fully saturated rings. The van der Waals surface area contributed by atoms with Gasteiger partial charge in [-0.15, -0.1) is 0 Å². The SMILES string of the molecule is Oc1cccc(OC(COCc2ccccc2)C(O)COCc2ccccc2)c1F. The van der Waals surface area contributed by atoms with Crippen LogP contribution >= 0.6 is 0 Å². The van der Waals surface area contributed by atoms with Crippen LogP contribution in [0.3, 0.4) is 0 Å². The van der Waals surface area contributed by atoms with E-state index in [4.69, 9.17) is 14.2 Å². The van der Waals surface area contributed by atoms with Gasteiger partial charge in [0, 0.05) is 0 Å². The minimum absolute atomic E-state index is 0.0137. The maximum absolute atomic E-state index is 14.2. The molecule has 0 aliphatic rings. The summed E-state index contributed by atoms with van der Waals surface area (Å²) in [6.07, 6.45) is -1.95. The van der Waals surface area contributed by atoms with Gasteiger partial charge < -0.3 is 24.4 Å². The first kappa shape index (κ1) is 21.8. The number of aromatic hydroxyl groups is 1. The zero-order valence-corrected chi connectivity index (χ0v) is 16.5. The number of hydrogen-bond donors (Lipinski definition) is 2. The number of aliphatic hydroxyl groups is 1. The highest BCUT2D eigenvalue weighted by Gasteiger charge is 2.24. The monoisotopic (exact) mass is 412 g/mol. The lowest BCUT2D eigenvalue weighted by molar-refractivity contribution is -0.0662. The lowest BCUT2D eigenvalue weighted by Gasteiger charge is -2.24. The van der Waals surface area contributed by atoms with Crippen LogP contribution in [0.5, 0.6) is 11.5 Å². The first-order valence-electron chi connectivity index (χ1n) is 9.69. The van der Waals surface area contributed by atoms with E-state index in [0.29, 0.717) is 13.2 Å². The number of phenolic OH excluding ortho intramolecular Hbond substituents is 1. The Morgan fingerprint density at radius 3 is 1.90 bits per heavy atom. The molecule has 2 N–H and O–H groups in total. The summed E-state index contributed by atoms with van der Waals surface area (Å²) >= 11 is 0. The van der Waals surface area contributed by atoms with Crippen LogP contribution < -0.4 is 4.74 Å². The molecule has 3 rings (SSSR count). The Labute approximate surface area is 175 Å². The van der Waals surface area contributed by atoms with Gasteiger partial charge in [0.05, 0.1) is 26.4 Å². The molecule has 2 unspecified atom stereocenters. The minimum atomic E-state index is -1.06. The molecule has 30 heavy (non-hydrogen) atoms. The molecule has 0 amide bonds. The largest absolute Gasteiger partial charge is 0.505 e. The van der Waals surface area contributed by atoms with Crippen LogP contribution in [-0.2, 0) is 22.7 Å². The lowest BCUT2D eigenvalue weighted by Crippen LogP contribution is -2.39. The van der Waals surface area contributed by atoms with Crippen molar-refractivity contribution in [3.63, 3.8) is 0 Å². The lowest BCUT2D eigenvalue weighted by atomic mass is 10.2. The fourth-order valence-electron chi connectivity index (χ4n) is 2.82. The van der Waals surface area contributed by atoms with Crippen molar-refractivity contribution in [3.8, 4) is 11.5 Å². The third kappa shape index (κ3) is 6.56. The molecule has 0 heterocycles. The van der Waals surface area contributed by atoms with Gasteiger partial charge in [0.1, 0.15) is 6.10 Å². The second-order valence-electron chi connectivity index (χ2n) is 6.81. The summed E-state index contributed by atoms with van der Waals surface area (Å²) in [5, 5.41) is 20.2. The average Bonchev–Trinajstić information content (AvgIpc) is 2.77.